The minimum Gasteiger partial charge on any atom is -0.382 e. The first-order valence-corrected chi connectivity index (χ1v) is 7.38. The number of benzene rings is 2. The molecule has 0 bridgehead atoms. The molecule has 1 saturated heterocycles. The molecule has 0 saturated carbocycles. The van der Waals surface area contributed by atoms with E-state index in [4.69, 9.17) is 10.00 Å². The summed E-state index contributed by atoms with van der Waals surface area (Å²) < 4.78 is 19.7. The minimum absolute atomic E-state index is 0.0511. The Labute approximate surface area is 129 Å². The van der Waals surface area contributed by atoms with Crippen LogP contribution in [-0.2, 0) is 4.74 Å². The quantitative estimate of drug-likeness (QED) is 0.931. The van der Waals surface area contributed by atoms with Gasteiger partial charge in [-0.05, 0) is 30.2 Å². The first-order chi connectivity index (χ1) is 10.8. The largest absolute Gasteiger partial charge is 0.382 e. The number of halogens is 1. The highest BCUT2D eigenvalue weighted by Gasteiger charge is 2.29. The van der Waals surface area contributed by atoms with Crippen molar-refractivity contribution in [3.63, 3.8) is 0 Å². The van der Waals surface area contributed by atoms with Gasteiger partial charge >= 0.3 is 0 Å². The number of nitrogens with one attached hydrogen (secondary N) is 1. The lowest BCUT2D eigenvalue weighted by atomic mass is 9.95. The standard InChI is InChI=1S/C18H17FN2O/c19-16-10-13(11-20)6-7-17(16)21-12-15-8-9-22-18(15)14-4-2-1-3-5-14/h1-7,10,15,18,21H,8-9,12H2. The summed E-state index contributed by atoms with van der Waals surface area (Å²) in [6.45, 7) is 1.37. The zero-order valence-electron chi connectivity index (χ0n) is 12.1. The maximum absolute atomic E-state index is 13.9. The van der Waals surface area contributed by atoms with E-state index >= 15 is 0 Å². The third kappa shape index (κ3) is 3.10. The predicted molar refractivity (Wildman–Crippen MR) is 82.8 cm³/mol. The average molecular weight is 296 g/mol. The van der Waals surface area contributed by atoms with Gasteiger partial charge in [0.1, 0.15) is 5.82 Å². The molecule has 0 aromatic heterocycles. The molecule has 3 rings (SSSR count). The van der Waals surface area contributed by atoms with E-state index in [0.717, 1.165) is 18.6 Å². The van der Waals surface area contributed by atoms with Crippen LogP contribution in [0.4, 0.5) is 10.1 Å². The van der Waals surface area contributed by atoms with Crippen LogP contribution in [0.1, 0.15) is 23.7 Å². The number of hydrogen-bond donors (Lipinski definition) is 1. The van der Waals surface area contributed by atoms with Crippen molar-refractivity contribution in [1.29, 1.82) is 5.26 Å². The van der Waals surface area contributed by atoms with Gasteiger partial charge in [0.2, 0.25) is 0 Å². The van der Waals surface area contributed by atoms with Gasteiger partial charge in [0.15, 0.2) is 0 Å². The smallest absolute Gasteiger partial charge is 0.147 e. The summed E-state index contributed by atoms with van der Waals surface area (Å²) in [7, 11) is 0. The van der Waals surface area contributed by atoms with Gasteiger partial charge < -0.3 is 10.1 Å². The maximum Gasteiger partial charge on any atom is 0.147 e. The fraction of sp³-hybridized carbons (Fsp3) is 0.278. The highest BCUT2D eigenvalue weighted by atomic mass is 19.1. The van der Waals surface area contributed by atoms with Gasteiger partial charge in [0.05, 0.1) is 23.4 Å². The second kappa shape index (κ2) is 6.59. The van der Waals surface area contributed by atoms with E-state index in [2.05, 4.69) is 17.4 Å². The summed E-state index contributed by atoms with van der Waals surface area (Å²) in [4.78, 5) is 0. The van der Waals surface area contributed by atoms with Crippen molar-refractivity contribution in [1.82, 2.24) is 0 Å². The van der Waals surface area contributed by atoms with Crippen LogP contribution in [0.2, 0.25) is 0 Å². The van der Waals surface area contributed by atoms with E-state index in [1.165, 1.54) is 6.07 Å². The molecule has 1 fully saturated rings. The van der Waals surface area contributed by atoms with E-state index in [1.54, 1.807) is 12.1 Å². The van der Waals surface area contributed by atoms with Crippen molar-refractivity contribution in [2.45, 2.75) is 12.5 Å². The van der Waals surface area contributed by atoms with Crippen molar-refractivity contribution in [2.75, 3.05) is 18.5 Å². The molecule has 3 nitrogen and oxygen atoms in total. The first-order valence-electron chi connectivity index (χ1n) is 7.38. The molecule has 0 amide bonds. The lowest BCUT2D eigenvalue weighted by Crippen LogP contribution is -2.18. The molecule has 0 aliphatic carbocycles. The average Bonchev–Trinajstić information content (AvgIpc) is 3.03. The Morgan fingerprint density at radius 1 is 1.23 bits per heavy atom. The molecule has 1 heterocycles. The maximum atomic E-state index is 13.9. The van der Waals surface area contributed by atoms with E-state index < -0.39 is 5.82 Å². The van der Waals surface area contributed by atoms with Gasteiger partial charge in [-0.25, -0.2) is 4.39 Å². The topological polar surface area (TPSA) is 45.0 Å². The Hall–Kier alpha value is -2.38. The number of nitriles is 1. The molecule has 0 spiro atoms. The molecule has 0 radical (unpaired) electrons. The summed E-state index contributed by atoms with van der Waals surface area (Å²) in [5, 5.41) is 11.9. The minimum atomic E-state index is -0.394. The SMILES string of the molecule is N#Cc1ccc(NCC2CCOC2c2ccccc2)c(F)c1. The van der Waals surface area contributed by atoms with Gasteiger partial charge in [0, 0.05) is 19.1 Å². The summed E-state index contributed by atoms with van der Waals surface area (Å²) >= 11 is 0. The molecule has 2 aromatic rings. The van der Waals surface area contributed by atoms with Crippen LogP contribution in [0, 0.1) is 23.1 Å². The van der Waals surface area contributed by atoms with Crippen molar-refractivity contribution < 1.29 is 9.13 Å². The molecule has 1 aliphatic rings. The third-order valence-corrected chi connectivity index (χ3v) is 4.00. The lowest BCUT2D eigenvalue weighted by molar-refractivity contribution is 0.0933. The van der Waals surface area contributed by atoms with Crippen LogP contribution in [0.15, 0.2) is 48.5 Å². The summed E-state index contributed by atoms with van der Waals surface area (Å²) in [6.07, 6.45) is 1.000. The van der Waals surface area contributed by atoms with Gasteiger partial charge in [-0.2, -0.15) is 5.26 Å². The van der Waals surface area contributed by atoms with E-state index in [0.29, 0.717) is 23.7 Å². The molecular weight excluding hydrogens is 279 g/mol. The molecular formula is C18H17FN2O. The molecule has 2 aromatic carbocycles. The Kier molecular flexibility index (Phi) is 4.36. The normalized spacial score (nSPS) is 20.5. The molecule has 22 heavy (non-hydrogen) atoms. The van der Waals surface area contributed by atoms with Crippen molar-refractivity contribution in [3.8, 4) is 6.07 Å². The van der Waals surface area contributed by atoms with Crippen molar-refractivity contribution in [3.05, 3.63) is 65.5 Å². The van der Waals surface area contributed by atoms with E-state index in [9.17, 15) is 4.39 Å². The predicted octanol–water partition coefficient (Wildman–Crippen LogP) is 3.89. The van der Waals surface area contributed by atoms with Gasteiger partial charge in [-0.15, -0.1) is 0 Å². The number of rotatable bonds is 4. The number of anilines is 1. The Bertz CT molecular complexity index is 681. The zero-order valence-corrected chi connectivity index (χ0v) is 12.1. The van der Waals surface area contributed by atoms with Crippen LogP contribution in [-0.4, -0.2) is 13.2 Å². The molecule has 2 unspecified atom stereocenters. The van der Waals surface area contributed by atoms with Gasteiger partial charge in [-0.1, -0.05) is 30.3 Å². The Balaban J connectivity index is 1.67. The highest BCUT2D eigenvalue weighted by molar-refractivity contribution is 5.48. The van der Waals surface area contributed by atoms with Gasteiger partial charge in [-0.3, -0.25) is 0 Å². The van der Waals surface area contributed by atoms with Crippen LogP contribution in [0.5, 0.6) is 0 Å². The zero-order chi connectivity index (χ0) is 15.4. The Morgan fingerprint density at radius 2 is 2.05 bits per heavy atom. The van der Waals surface area contributed by atoms with Crippen molar-refractivity contribution >= 4 is 5.69 Å². The molecule has 2 atom stereocenters. The Morgan fingerprint density at radius 3 is 2.77 bits per heavy atom. The summed E-state index contributed by atoms with van der Waals surface area (Å²) in [6, 6.07) is 16.5. The number of ether oxygens (including phenoxy) is 1. The van der Waals surface area contributed by atoms with Crippen LogP contribution in [0.3, 0.4) is 0 Å². The summed E-state index contributed by atoms with van der Waals surface area (Å²) in [5.74, 6) is -0.0910. The van der Waals surface area contributed by atoms with E-state index in [-0.39, 0.29) is 6.10 Å². The number of nitrogens with zero attached hydrogens (tertiary/aromatic N) is 1. The molecule has 112 valence electrons. The van der Waals surface area contributed by atoms with Crippen LogP contribution >= 0.6 is 0 Å². The second-order valence-electron chi connectivity index (χ2n) is 5.44. The van der Waals surface area contributed by atoms with Gasteiger partial charge in [0.25, 0.3) is 0 Å². The number of hydrogen-bond acceptors (Lipinski definition) is 3. The van der Waals surface area contributed by atoms with Crippen LogP contribution < -0.4 is 5.32 Å². The third-order valence-electron chi connectivity index (χ3n) is 4.00. The summed E-state index contributed by atoms with van der Waals surface area (Å²) in [5.41, 5.74) is 1.92. The fourth-order valence-electron chi connectivity index (χ4n) is 2.82. The fourth-order valence-corrected chi connectivity index (χ4v) is 2.82. The van der Waals surface area contributed by atoms with Crippen molar-refractivity contribution in [2.24, 2.45) is 5.92 Å². The highest BCUT2D eigenvalue weighted by Crippen LogP contribution is 2.34. The van der Waals surface area contributed by atoms with E-state index in [1.807, 2.05) is 24.3 Å². The lowest BCUT2D eigenvalue weighted by Gasteiger charge is -2.20. The first kappa shape index (κ1) is 14.6. The molecule has 1 N–H and O–H groups in total. The monoisotopic (exact) mass is 296 g/mol. The molecule has 4 heteroatoms. The van der Waals surface area contributed by atoms with Crippen LogP contribution in [0.25, 0.3) is 0 Å². The second-order valence-corrected chi connectivity index (χ2v) is 5.44. The molecule has 1 aliphatic heterocycles.